The Morgan fingerprint density at radius 3 is 2.46 bits per heavy atom. The Kier molecular flexibility index (Phi) is 2.33. The number of rotatable bonds is 1. The van der Waals surface area contributed by atoms with Gasteiger partial charge in [0.2, 0.25) is 0 Å². The molecule has 0 fully saturated rings. The predicted octanol–water partition coefficient (Wildman–Crippen LogP) is 3.15. The van der Waals surface area contributed by atoms with Gasteiger partial charge in [-0.2, -0.15) is 0 Å². The van der Waals surface area contributed by atoms with E-state index in [0.29, 0.717) is 0 Å². The first-order chi connectivity index (χ1) is 6.25. The van der Waals surface area contributed by atoms with Crippen LogP contribution >= 0.6 is 27.3 Å². The molecule has 2 rings (SSSR count). The molecule has 1 heterocycles. The Hall–Kier alpha value is -0.870. The summed E-state index contributed by atoms with van der Waals surface area (Å²) in [5, 5.41) is 2.97. The van der Waals surface area contributed by atoms with Gasteiger partial charge in [0.25, 0.3) is 0 Å². The van der Waals surface area contributed by atoms with E-state index >= 15 is 0 Å². The molecule has 0 aliphatic rings. The van der Waals surface area contributed by atoms with Gasteiger partial charge in [-0.1, -0.05) is 0 Å². The van der Waals surface area contributed by atoms with Gasteiger partial charge in [0, 0.05) is 16.6 Å². The van der Waals surface area contributed by atoms with E-state index in [4.69, 9.17) is 5.73 Å². The minimum Gasteiger partial charge on any atom is -0.399 e. The molecular formula is C9H7BrN2S. The van der Waals surface area contributed by atoms with Gasteiger partial charge < -0.3 is 5.73 Å². The number of thiazole rings is 1. The van der Waals surface area contributed by atoms with Gasteiger partial charge in [0.1, 0.15) is 9.61 Å². The molecule has 0 amide bonds. The number of benzene rings is 1. The van der Waals surface area contributed by atoms with Crippen molar-refractivity contribution in [1.29, 1.82) is 0 Å². The topological polar surface area (TPSA) is 38.9 Å². The standard InChI is InChI=1S/C9H7BrN2S/c10-8-5-13-9(12-8)6-1-3-7(11)4-2-6/h1-5H,11H2. The third kappa shape index (κ3) is 1.89. The zero-order valence-corrected chi connectivity index (χ0v) is 9.10. The third-order valence-electron chi connectivity index (χ3n) is 1.63. The first kappa shape index (κ1) is 8.72. The molecule has 0 saturated carbocycles. The maximum Gasteiger partial charge on any atom is 0.124 e. The van der Waals surface area contributed by atoms with Crippen molar-refractivity contribution in [2.45, 2.75) is 0 Å². The summed E-state index contributed by atoms with van der Waals surface area (Å²) in [6, 6.07) is 7.70. The number of hydrogen-bond acceptors (Lipinski definition) is 3. The Labute approximate surface area is 88.6 Å². The zero-order valence-electron chi connectivity index (χ0n) is 6.70. The molecule has 0 radical (unpaired) electrons. The number of nitrogens with two attached hydrogens (primary N) is 1. The molecule has 0 bridgehead atoms. The van der Waals surface area contributed by atoms with E-state index in [1.807, 2.05) is 29.6 Å². The van der Waals surface area contributed by atoms with Crippen LogP contribution in [0.3, 0.4) is 0 Å². The van der Waals surface area contributed by atoms with Crippen molar-refractivity contribution in [2.75, 3.05) is 5.73 Å². The summed E-state index contributed by atoms with van der Waals surface area (Å²) in [6.45, 7) is 0. The molecule has 2 aromatic rings. The fourth-order valence-electron chi connectivity index (χ4n) is 1.01. The quantitative estimate of drug-likeness (QED) is 0.795. The summed E-state index contributed by atoms with van der Waals surface area (Å²) in [4.78, 5) is 4.30. The fourth-order valence-corrected chi connectivity index (χ4v) is 2.27. The average molecular weight is 255 g/mol. The van der Waals surface area contributed by atoms with Gasteiger partial charge in [0.05, 0.1) is 0 Å². The number of nitrogen functional groups attached to an aromatic ring is 1. The molecule has 2 nitrogen and oxygen atoms in total. The molecular weight excluding hydrogens is 248 g/mol. The van der Waals surface area contributed by atoms with Gasteiger partial charge in [0.15, 0.2) is 0 Å². The molecule has 2 N–H and O–H groups in total. The molecule has 0 aliphatic heterocycles. The smallest absolute Gasteiger partial charge is 0.124 e. The van der Waals surface area contributed by atoms with Crippen molar-refractivity contribution in [3.63, 3.8) is 0 Å². The summed E-state index contributed by atoms with van der Waals surface area (Å²) in [5.41, 5.74) is 7.46. The van der Waals surface area contributed by atoms with Crippen LogP contribution < -0.4 is 5.73 Å². The van der Waals surface area contributed by atoms with Crippen LogP contribution in [0.5, 0.6) is 0 Å². The van der Waals surface area contributed by atoms with Crippen LogP contribution in [0.1, 0.15) is 0 Å². The summed E-state index contributed by atoms with van der Waals surface area (Å²) in [7, 11) is 0. The summed E-state index contributed by atoms with van der Waals surface area (Å²) >= 11 is 4.93. The lowest BCUT2D eigenvalue weighted by Crippen LogP contribution is -1.83. The van der Waals surface area contributed by atoms with Gasteiger partial charge >= 0.3 is 0 Å². The highest BCUT2D eigenvalue weighted by atomic mass is 79.9. The van der Waals surface area contributed by atoms with Crippen molar-refractivity contribution >= 4 is 33.0 Å². The molecule has 1 aromatic heterocycles. The fraction of sp³-hybridized carbons (Fsp3) is 0. The van der Waals surface area contributed by atoms with Crippen LogP contribution in [0.2, 0.25) is 0 Å². The molecule has 0 unspecified atom stereocenters. The lowest BCUT2D eigenvalue weighted by Gasteiger charge is -1.95. The van der Waals surface area contributed by atoms with E-state index in [1.54, 1.807) is 11.3 Å². The largest absolute Gasteiger partial charge is 0.399 e. The zero-order chi connectivity index (χ0) is 9.26. The first-order valence-electron chi connectivity index (χ1n) is 3.72. The lowest BCUT2D eigenvalue weighted by atomic mass is 10.2. The normalized spacial score (nSPS) is 10.2. The number of anilines is 1. The minimum atomic E-state index is 0.777. The van der Waals surface area contributed by atoms with Crippen LogP contribution in [-0.2, 0) is 0 Å². The third-order valence-corrected chi connectivity index (χ3v) is 3.23. The molecule has 0 spiro atoms. The molecule has 4 heteroatoms. The Balaban J connectivity index is 2.41. The van der Waals surface area contributed by atoms with Crippen LogP contribution in [0.4, 0.5) is 5.69 Å². The average Bonchev–Trinajstić information content (AvgIpc) is 2.53. The van der Waals surface area contributed by atoms with Gasteiger partial charge in [-0.25, -0.2) is 4.98 Å². The SMILES string of the molecule is Nc1ccc(-c2nc(Br)cs2)cc1. The van der Waals surface area contributed by atoms with Gasteiger partial charge in [-0.05, 0) is 40.2 Å². The van der Waals surface area contributed by atoms with E-state index in [2.05, 4.69) is 20.9 Å². The number of nitrogens with zero attached hydrogens (tertiary/aromatic N) is 1. The summed E-state index contributed by atoms with van der Waals surface area (Å²) in [5.74, 6) is 0. The van der Waals surface area contributed by atoms with Gasteiger partial charge in [-0.15, -0.1) is 11.3 Å². The monoisotopic (exact) mass is 254 g/mol. The number of hydrogen-bond donors (Lipinski definition) is 1. The van der Waals surface area contributed by atoms with E-state index in [1.165, 1.54) is 0 Å². The highest BCUT2D eigenvalue weighted by Crippen LogP contribution is 2.26. The minimum absolute atomic E-state index is 0.777. The molecule has 1 aromatic carbocycles. The van der Waals surface area contributed by atoms with E-state index < -0.39 is 0 Å². The van der Waals surface area contributed by atoms with Crippen molar-refractivity contribution < 1.29 is 0 Å². The Morgan fingerprint density at radius 1 is 1.23 bits per heavy atom. The van der Waals surface area contributed by atoms with E-state index in [-0.39, 0.29) is 0 Å². The van der Waals surface area contributed by atoms with Crippen molar-refractivity contribution in [2.24, 2.45) is 0 Å². The Morgan fingerprint density at radius 2 is 1.92 bits per heavy atom. The summed E-state index contributed by atoms with van der Waals surface area (Å²) < 4.78 is 0.879. The molecule has 66 valence electrons. The van der Waals surface area contributed by atoms with Crippen LogP contribution in [-0.4, -0.2) is 4.98 Å². The van der Waals surface area contributed by atoms with Crippen LogP contribution in [0.25, 0.3) is 10.6 Å². The van der Waals surface area contributed by atoms with Crippen molar-refractivity contribution in [3.8, 4) is 10.6 Å². The molecule has 0 aliphatic carbocycles. The predicted molar refractivity (Wildman–Crippen MR) is 59.7 cm³/mol. The van der Waals surface area contributed by atoms with Gasteiger partial charge in [-0.3, -0.25) is 0 Å². The molecule has 0 saturated heterocycles. The second kappa shape index (κ2) is 3.47. The molecule has 13 heavy (non-hydrogen) atoms. The van der Waals surface area contributed by atoms with E-state index in [0.717, 1.165) is 20.9 Å². The summed E-state index contributed by atoms with van der Waals surface area (Å²) in [6.07, 6.45) is 0. The second-order valence-corrected chi connectivity index (χ2v) is 4.27. The maximum absolute atomic E-state index is 5.58. The number of aromatic nitrogens is 1. The van der Waals surface area contributed by atoms with Crippen LogP contribution in [0, 0.1) is 0 Å². The highest BCUT2D eigenvalue weighted by molar-refractivity contribution is 9.10. The molecule has 0 atom stereocenters. The second-order valence-electron chi connectivity index (χ2n) is 2.60. The van der Waals surface area contributed by atoms with E-state index in [9.17, 15) is 0 Å². The first-order valence-corrected chi connectivity index (χ1v) is 5.40. The maximum atomic E-state index is 5.58. The lowest BCUT2D eigenvalue weighted by molar-refractivity contribution is 1.36. The number of halogens is 1. The van der Waals surface area contributed by atoms with Crippen molar-refractivity contribution in [1.82, 2.24) is 4.98 Å². The highest BCUT2D eigenvalue weighted by Gasteiger charge is 2.01. The Bertz CT molecular complexity index is 408. The van der Waals surface area contributed by atoms with Crippen LogP contribution in [0.15, 0.2) is 34.2 Å². The van der Waals surface area contributed by atoms with Crippen molar-refractivity contribution in [3.05, 3.63) is 34.2 Å².